The summed E-state index contributed by atoms with van der Waals surface area (Å²) in [6.45, 7) is 0.957. The molecule has 194 valence electrons. The Morgan fingerprint density at radius 2 is 1.72 bits per heavy atom. The number of rotatable bonds is 9. The summed E-state index contributed by atoms with van der Waals surface area (Å²) in [7, 11) is -3.41. The van der Waals surface area contributed by atoms with Crippen molar-refractivity contribution in [3.05, 3.63) is 71.8 Å². The van der Waals surface area contributed by atoms with Crippen LogP contribution in [0.5, 0.6) is 5.75 Å². The molecule has 0 aliphatic carbocycles. The van der Waals surface area contributed by atoms with E-state index in [2.05, 4.69) is 15.0 Å². The van der Waals surface area contributed by atoms with E-state index in [0.29, 0.717) is 46.6 Å². The number of nitrogens with one attached hydrogen (secondary N) is 3. The molecule has 4 aromatic rings. The Hall–Kier alpha value is -2.99. The Kier molecular flexibility index (Phi) is 8.40. The number of aliphatic hydroxyl groups is 1. The zero-order valence-corrected chi connectivity index (χ0v) is 20.7. The molecule has 12 heteroatoms. The lowest BCUT2D eigenvalue weighted by atomic mass is 10.1. The number of halogens is 4. The molecule has 1 unspecified atom stereocenters. The summed E-state index contributed by atoms with van der Waals surface area (Å²) in [6, 6.07) is 15.4. The molecule has 0 amide bonds. The van der Waals surface area contributed by atoms with Gasteiger partial charge in [0.05, 0.1) is 23.4 Å². The number of hydrogen-bond acceptors (Lipinski definition) is 5. The van der Waals surface area contributed by atoms with E-state index in [1.165, 1.54) is 6.07 Å². The van der Waals surface area contributed by atoms with Crippen molar-refractivity contribution in [1.29, 1.82) is 0 Å². The summed E-state index contributed by atoms with van der Waals surface area (Å²) >= 11 is 0. The molecule has 1 atom stereocenters. The van der Waals surface area contributed by atoms with Gasteiger partial charge in [-0.15, -0.1) is 12.4 Å². The third-order valence-corrected chi connectivity index (χ3v) is 5.96. The van der Waals surface area contributed by atoms with Gasteiger partial charge in [0.1, 0.15) is 12.4 Å². The predicted molar refractivity (Wildman–Crippen MR) is 136 cm³/mol. The van der Waals surface area contributed by atoms with Gasteiger partial charge in [-0.2, -0.15) is 13.2 Å². The van der Waals surface area contributed by atoms with Crippen molar-refractivity contribution in [2.45, 2.75) is 12.3 Å². The maximum absolute atomic E-state index is 13.0. The molecule has 3 aromatic carbocycles. The highest BCUT2D eigenvalue weighted by atomic mass is 35.5. The molecule has 0 saturated heterocycles. The quantitative estimate of drug-likeness (QED) is 0.226. The van der Waals surface area contributed by atoms with Gasteiger partial charge in [-0.3, -0.25) is 4.72 Å². The molecule has 0 fully saturated rings. The summed E-state index contributed by atoms with van der Waals surface area (Å²) in [5.74, 6) is 0.557. The van der Waals surface area contributed by atoms with E-state index in [1.54, 1.807) is 42.5 Å². The molecular formula is C24H25ClF3N3O4S. The minimum absolute atomic E-state index is 0. The topological polar surface area (TPSA) is 103 Å². The number of ether oxygens (including phenoxy) is 1. The standard InChI is InChI=1S/C24H24F3N3O4S.ClH/c1-35(32,33)30-17-4-2-3-15(11-17)23(31)14-28-9-10-34-18-6-8-20-19-7-5-16(24(25,26)27)12-21(19)29-22(20)13-18;/h2-8,11-13,23,28-31H,9-10,14H2,1H3;1H. The fourth-order valence-corrected chi connectivity index (χ4v) is 4.33. The Labute approximate surface area is 212 Å². The van der Waals surface area contributed by atoms with Crippen molar-refractivity contribution >= 4 is 49.9 Å². The number of aliphatic hydroxyl groups excluding tert-OH is 1. The first kappa shape index (κ1) is 27.6. The minimum Gasteiger partial charge on any atom is -0.492 e. The summed E-state index contributed by atoms with van der Waals surface area (Å²) in [4.78, 5) is 3.01. The number of fused-ring (bicyclic) bond motifs is 3. The Morgan fingerprint density at radius 1 is 1.03 bits per heavy atom. The molecule has 0 aliphatic heterocycles. The van der Waals surface area contributed by atoms with Gasteiger partial charge in [0, 0.05) is 41.1 Å². The van der Waals surface area contributed by atoms with Crippen LogP contribution in [0.3, 0.4) is 0 Å². The summed E-state index contributed by atoms with van der Waals surface area (Å²) in [5, 5.41) is 14.9. The first-order chi connectivity index (χ1) is 16.5. The van der Waals surface area contributed by atoms with Crippen molar-refractivity contribution in [2.24, 2.45) is 0 Å². The number of aromatic amines is 1. The van der Waals surface area contributed by atoms with Crippen molar-refractivity contribution in [2.75, 3.05) is 30.7 Å². The first-order valence-corrected chi connectivity index (χ1v) is 12.6. The summed E-state index contributed by atoms with van der Waals surface area (Å²) in [6.07, 6.45) is -4.20. The van der Waals surface area contributed by atoms with Gasteiger partial charge in [0.2, 0.25) is 10.0 Å². The monoisotopic (exact) mass is 543 g/mol. The van der Waals surface area contributed by atoms with Gasteiger partial charge >= 0.3 is 6.18 Å². The lowest BCUT2D eigenvalue weighted by Crippen LogP contribution is -2.26. The molecule has 0 spiro atoms. The lowest BCUT2D eigenvalue weighted by Gasteiger charge is -2.14. The highest BCUT2D eigenvalue weighted by Gasteiger charge is 2.30. The van der Waals surface area contributed by atoms with Crippen LogP contribution in [0.4, 0.5) is 18.9 Å². The second-order valence-corrected chi connectivity index (χ2v) is 9.91. The number of hydrogen-bond donors (Lipinski definition) is 4. The molecule has 1 heterocycles. The molecule has 0 radical (unpaired) electrons. The molecule has 0 saturated carbocycles. The maximum atomic E-state index is 13.0. The molecule has 36 heavy (non-hydrogen) atoms. The third-order valence-electron chi connectivity index (χ3n) is 5.36. The molecular weight excluding hydrogens is 519 g/mol. The van der Waals surface area contributed by atoms with Crippen molar-refractivity contribution in [1.82, 2.24) is 10.3 Å². The van der Waals surface area contributed by atoms with E-state index >= 15 is 0 Å². The van der Waals surface area contributed by atoms with Crippen LogP contribution in [0.1, 0.15) is 17.2 Å². The van der Waals surface area contributed by atoms with Gasteiger partial charge in [-0.05, 0) is 42.0 Å². The molecule has 0 bridgehead atoms. The van der Waals surface area contributed by atoms with E-state index in [4.69, 9.17) is 4.74 Å². The normalized spacial score (nSPS) is 12.9. The zero-order valence-electron chi connectivity index (χ0n) is 19.1. The number of H-pyrrole nitrogens is 1. The zero-order chi connectivity index (χ0) is 25.2. The number of anilines is 1. The van der Waals surface area contributed by atoms with E-state index in [0.717, 1.165) is 23.8 Å². The molecule has 4 rings (SSSR count). The van der Waals surface area contributed by atoms with Gasteiger partial charge in [-0.25, -0.2) is 8.42 Å². The summed E-state index contributed by atoms with van der Waals surface area (Å²) < 4.78 is 69.8. The van der Waals surface area contributed by atoms with Crippen LogP contribution >= 0.6 is 12.4 Å². The van der Waals surface area contributed by atoms with Crippen molar-refractivity contribution in [3.63, 3.8) is 0 Å². The molecule has 7 nitrogen and oxygen atoms in total. The SMILES string of the molecule is CS(=O)(=O)Nc1cccc(C(O)CNCCOc2ccc3c(c2)[nH]c2cc(C(F)(F)F)ccc23)c1.Cl. The van der Waals surface area contributed by atoms with E-state index in [9.17, 15) is 26.7 Å². The van der Waals surface area contributed by atoms with Crippen LogP contribution in [-0.4, -0.2) is 44.5 Å². The van der Waals surface area contributed by atoms with Gasteiger partial charge < -0.3 is 20.1 Å². The number of sulfonamides is 1. The minimum atomic E-state index is -4.41. The Morgan fingerprint density at radius 3 is 2.42 bits per heavy atom. The average Bonchev–Trinajstić information content (AvgIpc) is 3.14. The highest BCUT2D eigenvalue weighted by Crippen LogP contribution is 2.34. The van der Waals surface area contributed by atoms with E-state index in [1.807, 2.05) is 0 Å². The second kappa shape index (κ2) is 11.0. The molecule has 1 aromatic heterocycles. The van der Waals surface area contributed by atoms with Gasteiger partial charge in [0.15, 0.2) is 0 Å². The number of alkyl halides is 3. The smallest absolute Gasteiger partial charge is 0.416 e. The second-order valence-electron chi connectivity index (χ2n) is 8.16. The Balaban J connectivity index is 0.00000361. The number of aromatic nitrogens is 1. The van der Waals surface area contributed by atoms with Gasteiger partial charge in [-0.1, -0.05) is 18.2 Å². The molecule has 0 aliphatic rings. The van der Waals surface area contributed by atoms with Crippen LogP contribution in [0.15, 0.2) is 60.7 Å². The van der Waals surface area contributed by atoms with Crippen LogP contribution < -0.4 is 14.8 Å². The van der Waals surface area contributed by atoms with E-state index < -0.39 is 27.9 Å². The van der Waals surface area contributed by atoms with Crippen molar-refractivity contribution < 1.29 is 31.4 Å². The average molecular weight is 544 g/mol. The van der Waals surface area contributed by atoms with Crippen molar-refractivity contribution in [3.8, 4) is 5.75 Å². The van der Waals surface area contributed by atoms with Gasteiger partial charge in [0.25, 0.3) is 0 Å². The van der Waals surface area contributed by atoms with Crippen LogP contribution in [0.2, 0.25) is 0 Å². The third kappa shape index (κ3) is 6.82. The first-order valence-electron chi connectivity index (χ1n) is 10.7. The fourth-order valence-electron chi connectivity index (χ4n) is 3.78. The van der Waals surface area contributed by atoms with Crippen LogP contribution in [0, 0.1) is 0 Å². The maximum Gasteiger partial charge on any atom is 0.416 e. The Bertz CT molecular complexity index is 1460. The fraction of sp³-hybridized carbons (Fsp3) is 0.250. The van der Waals surface area contributed by atoms with E-state index in [-0.39, 0.29) is 19.0 Å². The largest absolute Gasteiger partial charge is 0.492 e. The van der Waals surface area contributed by atoms with Crippen LogP contribution in [-0.2, 0) is 16.2 Å². The summed E-state index contributed by atoms with van der Waals surface area (Å²) in [5.41, 5.74) is 1.29. The number of benzene rings is 3. The predicted octanol–water partition coefficient (Wildman–Crippen LogP) is 4.84. The van der Waals surface area contributed by atoms with Crippen LogP contribution in [0.25, 0.3) is 21.8 Å². The lowest BCUT2D eigenvalue weighted by molar-refractivity contribution is -0.137. The molecule has 4 N–H and O–H groups in total. The highest BCUT2D eigenvalue weighted by molar-refractivity contribution is 7.92.